The Morgan fingerprint density at radius 3 is 2.25 bits per heavy atom. The average molecular weight is 292 g/mol. The van der Waals surface area contributed by atoms with E-state index in [1.807, 2.05) is 25.1 Å². The van der Waals surface area contributed by atoms with Crippen LogP contribution >= 0.6 is 31.9 Å². The number of Topliss-reactive ketones (excluding diaryl/α,β-unsaturated/α-hetero) is 1. The number of ketones is 1. The molecule has 0 heterocycles. The zero-order chi connectivity index (χ0) is 9.14. The van der Waals surface area contributed by atoms with E-state index in [-0.39, 0.29) is 5.78 Å². The van der Waals surface area contributed by atoms with Gasteiger partial charge < -0.3 is 0 Å². The van der Waals surface area contributed by atoms with Crippen molar-refractivity contribution < 1.29 is 4.79 Å². The maximum absolute atomic E-state index is 11.4. The Morgan fingerprint density at radius 2 is 1.83 bits per heavy atom. The van der Waals surface area contributed by atoms with Crippen LogP contribution in [0.2, 0.25) is 0 Å². The molecule has 0 aliphatic carbocycles. The zero-order valence-corrected chi connectivity index (χ0v) is 9.78. The molecule has 3 heteroatoms. The van der Waals surface area contributed by atoms with E-state index < -0.39 is 0 Å². The average Bonchev–Trinajstić information content (AvgIpc) is 2.03. The second kappa shape index (κ2) is 4.19. The maximum Gasteiger partial charge on any atom is 0.164 e. The molecule has 0 fully saturated rings. The zero-order valence-electron chi connectivity index (χ0n) is 6.60. The fraction of sp³-hybridized carbons (Fsp3) is 0.222. The van der Waals surface area contributed by atoms with Gasteiger partial charge in [0, 0.05) is 20.9 Å². The standard InChI is InChI=1S/C9H8Br2O/c1-2-8(12)9-6(10)4-3-5-7(9)11/h3-5H,2H2,1H3. The summed E-state index contributed by atoms with van der Waals surface area (Å²) in [4.78, 5) is 11.4. The fourth-order valence-electron chi connectivity index (χ4n) is 0.941. The summed E-state index contributed by atoms with van der Waals surface area (Å²) >= 11 is 6.68. The van der Waals surface area contributed by atoms with E-state index in [0.29, 0.717) is 6.42 Å². The summed E-state index contributed by atoms with van der Waals surface area (Å²) in [7, 11) is 0. The molecule has 0 aliphatic rings. The van der Waals surface area contributed by atoms with Crippen LogP contribution in [0.1, 0.15) is 23.7 Å². The third-order valence-electron chi connectivity index (χ3n) is 1.56. The molecule has 0 atom stereocenters. The first-order chi connectivity index (χ1) is 5.66. The number of hydrogen-bond donors (Lipinski definition) is 0. The van der Waals surface area contributed by atoms with Crippen LogP contribution in [-0.2, 0) is 0 Å². The second-order valence-electron chi connectivity index (χ2n) is 2.37. The first kappa shape index (κ1) is 9.93. The Hall–Kier alpha value is -0.150. The molecule has 1 rings (SSSR count). The van der Waals surface area contributed by atoms with E-state index in [2.05, 4.69) is 31.9 Å². The van der Waals surface area contributed by atoms with E-state index in [4.69, 9.17) is 0 Å². The van der Waals surface area contributed by atoms with Crippen molar-refractivity contribution in [1.82, 2.24) is 0 Å². The molecule has 1 aromatic rings. The molecule has 0 aromatic heterocycles. The number of halogens is 2. The van der Waals surface area contributed by atoms with Gasteiger partial charge in [0.25, 0.3) is 0 Å². The summed E-state index contributed by atoms with van der Waals surface area (Å²) in [5.41, 5.74) is 0.736. The van der Waals surface area contributed by atoms with Gasteiger partial charge >= 0.3 is 0 Å². The smallest absolute Gasteiger partial charge is 0.164 e. The molecule has 0 saturated heterocycles. The predicted molar refractivity (Wildman–Crippen MR) is 56.5 cm³/mol. The molecular formula is C9H8Br2O. The highest BCUT2D eigenvalue weighted by atomic mass is 79.9. The molecule has 0 radical (unpaired) electrons. The summed E-state index contributed by atoms with van der Waals surface area (Å²) in [5, 5.41) is 0. The van der Waals surface area contributed by atoms with E-state index in [1.54, 1.807) is 0 Å². The Labute approximate surface area is 88.4 Å². The molecule has 0 aliphatic heterocycles. The first-order valence-corrected chi connectivity index (χ1v) is 5.22. The first-order valence-electron chi connectivity index (χ1n) is 3.64. The maximum atomic E-state index is 11.4. The van der Waals surface area contributed by atoms with Crippen molar-refractivity contribution in [2.24, 2.45) is 0 Å². The lowest BCUT2D eigenvalue weighted by Gasteiger charge is -2.03. The molecule has 1 nitrogen and oxygen atoms in total. The van der Waals surface area contributed by atoms with Crippen molar-refractivity contribution in [1.29, 1.82) is 0 Å². The summed E-state index contributed by atoms with van der Waals surface area (Å²) in [6.07, 6.45) is 0.529. The highest BCUT2D eigenvalue weighted by Crippen LogP contribution is 2.26. The lowest BCUT2D eigenvalue weighted by Crippen LogP contribution is -1.98. The molecule has 0 saturated carbocycles. The quantitative estimate of drug-likeness (QED) is 0.758. The van der Waals surface area contributed by atoms with Gasteiger partial charge in [-0.25, -0.2) is 0 Å². The molecule has 0 unspecified atom stereocenters. The Bertz CT molecular complexity index is 287. The number of rotatable bonds is 2. The van der Waals surface area contributed by atoms with E-state index >= 15 is 0 Å². The third-order valence-corrected chi connectivity index (χ3v) is 2.88. The van der Waals surface area contributed by atoms with Crippen molar-refractivity contribution >= 4 is 37.6 Å². The molecular weight excluding hydrogens is 284 g/mol. The van der Waals surface area contributed by atoms with Crippen LogP contribution < -0.4 is 0 Å². The van der Waals surface area contributed by atoms with Crippen molar-refractivity contribution in [3.05, 3.63) is 32.7 Å². The van der Waals surface area contributed by atoms with Gasteiger partial charge in [-0.2, -0.15) is 0 Å². The van der Waals surface area contributed by atoms with Crippen molar-refractivity contribution in [2.45, 2.75) is 13.3 Å². The lowest BCUT2D eigenvalue weighted by molar-refractivity contribution is 0.0986. The largest absolute Gasteiger partial charge is 0.294 e. The molecule has 0 N–H and O–H groups in total. The van der Waals surface area contributed by atoms with Gasteiger partial charge in [0.15, 0.2) is 5.78 Å². The minimum atomic E-state index is 0.148. The SMILES string of the molecule is CCC(=O)c1c(Br)cccc1Br. The molecule has 12 heavy (non-hydrogen) atoms. The fourth-order valence-corrected chi connectivity index (χ4v) is 2.38. The van der Waals surface area contributed by atoms with Gasteiger partial charge in [-0.15, -0.1) is 0 Å². The highest BCUT2D eigenvalue weighted by molar-refractivity contribution is 9.11. The van der Waals surface area contributed by atoms with Crippen LogP contribution in [0.4, 0.5) is 0 Å². The van der Waals surface area contributed by atoms with Crippen molar-refractivity contribution in [2.75, 3.05) is 0 Å². The summed E-state index contributed by atoms with van der Waals surface area (Å²) in [6, 6.07) is 5.63. The van der Waals surface area contributed by atoms with Crippen molar-refractivity contribution in [3.8, 4) is 0 Å². The van der Waals surface area contributed by atoms with Crippen LogP contribution in [0.3, 0.4) is 0 Å². The number of carbonyl (C=O) groups excluding carboxylic acids is 1. The minimum Gasteiger partial charge on any atom is -0.294 e. The molecule has 1 aromatic carbocycles. The third kappa shape index (κ3) is 1.96. The molecule has 0 spiro atoms. The van der Waals surface area contributed by atoms with Gasteiger partial charge in [0.2, 0.25) is 0 Å². The Kier molecular flexibility index (Phi) is 3.47. The molecule has 0 amide bonds. The topological polar surface area (TPSA) is 17.1 Å². The van der Waals surface area contributed by atoms with E-state index in [9.17, 15) is 4.79 Å². The summed E-state index contributed by atoms with van der Waals surface area (Å²) in [5.74, 6) is 0.148. The van der Waals surface area contributed by atoms with Crippen LogP contribution in [0.25, 0.3) is 0 Å². The Morgan fingerprint density at radius 1 is 1.33 bits per heavy atom. The normalized spacial score (nSPS) is 9.92. The van der Waals surface area contributed by atoms with Crippen LogP contribution in [0.15, 0.2) is 27.1 Å². The lowest BCUT2D eigenvalue weighted by atomic mass is 10.1. The van der Waals surface area contributed by atoms with Crippen LogP contribution in [0.5, 0.6) is 0 Å². The summed E-state index contributed by atoms with van der Waals surface area (Å²) < 4.78 is 1.70. The number of carbonyl (C=O) groups is 1. The van der Waals surface area contributed by atoms with Gasteiger partial charge in [-0.3, -0.25) is 4.79 Å². The highest BCUT2D eigenvalue weighted by Gasteiger charge is 2.10. The minimum absolute atomic E-state index is 0.148. The van der Waals surface area contributed by atoms with Gasteiger partial charge in [-0.1, -0.05) is 44.8 Å². The van der Waals surface area contributed by atoms with Crippen molar-refractivity contribution in [3.63, 3.8) is 0 Å². The second-order valence-corrected chi connectivity index (χ2v) is 4.08. The summed E-state index contributed by atoms with van der Waals surface area (Å²) in [6.45, 7) is 1.86. The van der Waals surface area contributed by atoms with E-state index in [1.165, 1.54) is 0 Å². The van der Waals surface area contributed by atoms with Crippen LogP contribution in [0, 0.1) is 0 Å². The van der Waals surface area contributed by atoms with Gasteiger partial charge in [0.1, 0.15) is 0 Å². The molecule has 0 bridgehead atoms. The number of benzene rings is 1. The number of hydrogen-bond acceptors (Lipinski definition) is 1. The van der Waals surface area contributed by atoms with E-state index in [0.717, 1.165) is 14.5 Å². The predicted octanol–water partition coefficient (Wildman–Crippen LogP) is 3.80. The van der Waals surface area contributed by atoms with Crippen LogP contribution in [-0.4, -0.2) is 5.78 Å². The van der Waals surface area contributed by atoms with Gasteiger partial charge in [0.05, 0.1) is 0 Å². The van der Waals surface area contributed by atoms with Gasteiger partial charge in [-0.05, 0) is 12.1 Å². The molecule has 64 valence electrons. The monoisotopic (exact) mass is 290 g/mol. The Balaban J connectivity index is 3.21.